The molecule has 3 N–H and O–H groups in total. The Labute approximate surface area is 184 Å². The number of aromatic nitrogens is 3. The molecule has 0 radical (unpaired) electrons. The molecule has 1 aromatic carbocycles. The highest BCUT2D eigenvalue weighted by atomic mass is 32.2. The average molecular weight is 456 g/mol. The second kappa shape index (κ2) is 8.50. The minimum atomic E-state index is -0.949. The summed E-state index contributed by atoms with van der Waals surface area (Å²) in [5, 5.41) is 14.2. The van der Waals surface area contributed by atoms with Crippen molar-refractivity contribution in [1.29, 1.82) is 5.41 Å². The molecule has 1 aliphatic rings. The highest BCUT2D eigenvalue weighted by molar-refractivity contribution is 7.86. The lowest BCUT2D eigenvalue weighted by Crippen LogP contribution is -2.61. The summed E-state index contributed by atoms with van der Waals surface area (Å²) in [6.07, 6.45) is 3.23. The number of halogens is 2. The summed E-state index contributed by atoms with van der Waals surface area (Å²) < 4.78 is 38.3. The van der Waals surface area contributed by atoms with Gasteiger partial charge < -0.3 is 10.6 Å². The van der Waals surface area contributed by atoms with E-state index in [1.54, 1.807) is 13.0 Å². The Bertz CT molecular complexity index is 1230. The van der Waals surface area contributed by atoms with E-state index in [0.717, 1.165) is 12.4 Å². The van der Waals surface area contributed by atoms with Gasteiger partial charge in [0.25, 0.3) is 5.91 Å². The number of rotatable bonds is 6. The lowest BCUT2D eigenvalue weighted by molar-refractivity contribution is 0.0917. The Morgan fingerprint density at radius 1 is 1.06 bits per heavy atom. The van der Waals surface area contributed by atoms with Crippen LogP contribution in [0.5, 0.6) is 0 Å². The zero-order valence-electron chi connectivity index (χ0n) is 16.9. The summed E-state index contributed by atoms with van der Waals surface area (Å²) in [7, 11) is -0.949. The van der Waals surface area contributed by atoms with Gasteiger partial charge in [-0.2, -0.15) is 0 Å². The number of hydrogen-bond acceptors (Lipinski definition) is 7. The number of carbonyl (C=O) groups is 1. The van der Waals surface area contributed by atoms with Crippen LogP contribution in [-0.2, 0) is 10.8 Å². The van der Waals surface area contributed by atoms with Crippen LogP contribution in [0.4, 0.5) is 20.4 Å². The fourth-order valence-corrected chi connectivity index (χ4v) is 4.73. The van der Waals surface area contributed by atoms with Crippen LogP contribution in [0.25, 0.3) is 0 Å². The van der Waals surface area contributed by atoms with Crippen molar-refractivity contribution in [3.05, 3.63) is 77.4 Å². The lowest BCUT2D eigenvalue weighted by Gasteiger charge is -2.37. The number of anilines is 2. The topological polar surface area (TPSA) is 121 Å². The molecule has 0 spiro atoms. The van der Waals surface area contributed by atoms with Gasteiger partial charge >= 0.3 is 0 Å². The summed E-state index contributed by atoms with van der Waals surface area (Å²) in [6, 6.07) is 6.94. The van der Waals surface area contributed by atoms with Gasteiger partial charge in [0.05, 0.1) is 34.9 Å². The Morgan fingerprint density at radius 2 is 1.78 bits per heavy atom. The van der Waals surface area contributed by atoms with Crippen LogP contribution in [0.2, 0.25) is 0 Å². The number of nitrogens with zero attached hydrogens (tertiary/aromatic N) is 3. The van der Waals surface area contributed by atoms with Crippen LogP contribution in [0, 0.1) is 17.0 Å². The largest absolute Gasteiger partial charge is 0.345 e. The van der Waals surface area contributed by atoms with E-state index in [-0.39, 0.29) is 34.2 Å². The molecule has 11 heteroatoms. The van der Waals surface area contributed by atoms with Crippen molar-refractivity contribution >= 4 is 34.1 Å². The molecule has 8 nitrogen and oxygen atoms in total. The third-order valence-corrected chi connectivity index (χ3v) is 6.66. The molecule has 164 valence electrons. The van der Waals surface area contributed by atoms with Crippen molar-refractivity contribution in [1.82, 2.24) is 20.3 Å². The summed E-state index contributed by atoms with van der Waals surface area (Å²) in [5.41, 5.74) is 0.133. The molecule has 0 aliphatic carbocycles. The fraction of sp³-hybridized carbons (Fsp3) is 0.190. The maximum Gasteiger partial charge on any atom is 0.253 e. The van der Waals surface area contributed by atoms with Crippen LogP contribution in [0.15, 0.2) is 48.9 Å². The first-order chi connectivity index (χ1) is 15.2. The number of amides is 1. The van der Waals surface area contributed by atoms with E-state index >= 15 is 0 Å². The minimum Gasteiger partial charge on any atom is -0.345 e. The van der Waals surface area contributed by atoms with Crippen LogP contribution in [0.3, 0.4) is 0 Å². The Kier molecular flexibility index (Phi) is 5.74. The Balaban J connectivity index is 1.68. The predicted molar refractivity (Wildman–Crippen MR) is 116 cm³/mol. The number of carbonyl (C=O) groups excluding carboxylic acids is 1. The molecule has 0 unspecified atom stereocenters. The van der Waals surface area contributed by atoms with Gasteiger partial charge in [-0.25, -0.2) is 18.7 Å². The molecule has 1 aliphatic heterocycles. The molecule has 1 fully saturated rings. The molecule has 1 amide bonds. The molecule has 2 aromatic heterocycles. The Hall–Kier alpha value is -3.60. The first-order valence-corrected chi connectivity index (χ1v) is 11.0. The van der Waals surface area contributed by atoms with Gasteiger partial charge in [0.2, 0.25) is 5.95 Å². The molecule has 0 saturated carbocycles. The van der Waals surface area contributed by atoms with E-state index in [4.69, 9.17) is 5.41 Å². The van der Waals surface area contributed by atoms with Gasteiger partial charge in [-0.05, 0) is 25.1 Å². The third-order valence-electron chi connectivity index (χ3n) is 4.74. The van der Waals surface area contributed by atoms with Gasteiger partial charge in [0, 0.05) is 34.1 Å². The molecule has 4 rings (SSSR count). The summed E-state index contributed by atoms with van der Waals surface area (Å²) >= 11 is 0. The number of benzene rings is 1. The second-order valence-electron chi connectivity index (χ2n) is 7.60. The van der Waals surface area contributed by atoms with Gasteiger partial charge in [0.1, 0.15) is 11.5 Å². The minimum absolute atomic E-state index is 0.0281. The third kappa shape index (κ3) is 4.67. The quantitative estimate of drug-likeness (QED) is 0.491. The van der Waals surface area contributed by atoms with Crippen LogP contribution in [-0.4, -0.2) is 47.8 Å². The van der Waals surface area contributed by atoms with Gasteiger partial charge in [-0.15, -0.1) is 0 Å². The van der Waals surface area contributed by atoms with E-state index in [1.165, 1.54) is 30.5 Å². The van der Waals surface area contributed by atoms with Crippen molar-refractivity contribution < 1.29 is 17.8 Å². The zero-order chi connectivity index (χ0) is 22.9. The maximum atomic E-state index is 13.7. The fourth-order valence-electron chi connectivity index (χ4n) is 3.25. The highest BCUT2D eigenvalue weighted by Gasteiger charge is 2.39. The van der Waals surface area contributed by atoms with Crippen LogP contribution in [0.1, 0.15) is 28.5 Å². The van der Waals surface area contributed by atoms with Crippen molar-refractivity contribution in [3.63, 3.8) is 0 Å². The average Bonchev–Trinajstić information content (AvgIpc) is 2.74. The standard InChI is InChI=1S/C21H18F2N6O2S/c1-21(10-32(31)11-21)29-19(30)13-6-16(28-20-26-8-15(23)9-27-20)18(25-7-13)17(24)12-3-2-4-14(22)5-12/h2-9,24H,10-11H2,1H3,(H,29,30)(H,26,27,28). The van der Waals surface area contributed by atoms with E-state index in [1.807, 2.05) is 0 Å². The second-order valence-corrected chi connectivity index (χ2v) is 9.06. The SMILES string of the molecule is CC1(NC(=O)c2cnc(C(=N)c3cccc(F)c3)c(Nc3ncc(F)cn3)c2)CS(=O)C1. The van der Waals surface area contributed by atoms with Gasteiger partial charge in [0.15, 0.2) is 5.82 Å². The first-order valence-electron chi connectivity index (χ1n) is 9.49. The molecular formula is C21H18F2N6O2S. The van der Waals surface area contributed by atoms with Gasteiger partial charge in [-0.3, -0.25) is 19.4 Å². The lowest BCUT2D eigenvalue weighted by atomic mass is 10.0. The monoisotopic (exact) mass is 456 g/mol. The predicted octanol–water partition coefficient (Wildman–Crippen LogP) is 2.56. The summed E-state index contributed by atoms with van der Waals surface area (Å²) in [4.78, 5) is 24.7. The molecule has 32 heavy (non-hydrogen) atoms. The molecular weight excluding hydrogens is 438 g/mol. The summed E-state index contributed by atoms with van der Waals surface area (Å²) in [6.45, 7) is 1.80. The molecule has 0 bridgehead atoms. The molecule has 1 saturated heterocycles. The number of nitrogens with one attached hydrogen (secondary N) is 3. The summed E-state index contributed by atoms with van der Waals surface area (Å²) in [5.74, 6) is -0.804. The van der Waals surface area contributed by atoms with Crippen molar-refractivity contribution in [2.45, 2.75) is 12.5 Å². The van der Waals surface area contributed by atoms with Gasteiger partial charge in [-0.1, -0.05) is 12.1 Å². The first kappa shape index (κ1) is 21.6. The van der Waals surface area contributed by atoms with Crippen LogP contribution >= 0.6 is 0 Å². The van der Waals surface area contributed by atoms with E-state index < -0.39 is 33.9 Å². The normalized spacial score (nSPS) is 19.7. The van der Waals surface area contributed by atoms with E-state index in [2.05, 4.69) is 25.6 Å². The highest BCUT2D eigenvalue weighted by Crippen LogP contribution is 2.24. The van der Waals surface area contributed by atoms with Crippen molar-refractivity contribution in [2.75, 3.05) is 16.8 Å². The molecule has 3 heterocycles. The maximum absolute atomic E-state index is 13.7. The number of pyridine rings is 1. The van der Waals surface area contributed by atoms with E-state index in [0.29, 0.717) is 11.5 Å². The molecule has 3 aromatic rings. The number of hydrogen-bond donors (Lipinski definition) is 3. The van der Waals surface area contributed by atoms with Crippen molar-refractivity contribution in [2.24, 2.45) is 0 Å². The smallest absolute Gasteiger partial charge is 0.253 e. The van der Waals surface area contributed by atoms with E-state index in [9.17, 15) is 17.8 Å². The van der Waals surface area contributed by atoms with Crippen molar-refractivity contribution in [3.8, 4) is 0 Å². The zero-order valence-corrected chi connectivity index (χ0v) is 17.7. The molecule has 0 atom stereocenters. The van der Waals surface area contributed by atoms with Crippen LogP contribution < -0.4 is 10.6 Å². The Morgan fingerprint density at radius 3 is 2.44 bits per heavy atom.